The first-order chi connectivity index (χ1) is 10.3. The van der Waals surface area contributed by atoms with E-state index in [0.717, 1.165) is 44.5 Å². The fourth-order valence-corrected chi connectivity index (χ4v) is 4.04. The summed E-state index contributed by atoms with van der Waals surface area (Å²) in [6.45, 7) is 5.32. The number of aromatic nitrogens is 1. The molecule has 2 heterocycles. The lowest BCUT2D eigenvalue weighted by Crippen LogP contribution is -2.49. The third kappa shape index (κ3) is 3.60. The van der Waals surface area contributed by atoms with Crippen molar-refractivity contribution in [3.05, 3.63) is 16.1 Å². The fourth-order valence-electron chi connectivity index (χ4n) is 3.33. The summed E-state index contributed by atoms with van der Waals surface area (Å²) in [6, 6.07) is 0.825. The Morgan fingerprint density at radius 1 is 1.33 bits per heavy atom. The summed E-state index contributed by atoms with van der Waals surface area (Å²) >= 11 is 1.35. The molecule has 2 fully saturated rings. The van der Waals surface area contributed by atoms with Gasteiger partial charge in [-0.2, -0.15) is 0 Å². The molecule has 116 valence electrons. The molecule has 21 heavy (non-hydrogen) atoms. The molecule has 1 amide bonds. The molecule has 0 aromatic carbocycles. The molecule has 1 aromatic heterocycles. The van der Waals surface area contributed by atoms with Crippen LogP contribution in [0.2, 0.25) is 0 Å². The fraction of sp³-hybridized carbons (Fsp3) is 0.714. The molecule has 1 saturated heterocycles. The third-order valence-corrected chi connectivity index (χ3v) is 5.40. The van der Waals surface area contributed by atoms with E-state index >= 15 is 0 Å². The Kier molecular flexibility index (Phi) is 4.84. The molecule has 1 saturated carbocycles. The minimum atomic E-state index is -0.308. The highest BCUT2D eigenvalue weighted by molar-refractivity contribution is 7.11. The number of nitrogens with zero attached hydrogens (tertiary/aromatic N) is 3. The van der Waals surface area contributed by atoms with Crippen LogP contribution in [0.1, 0.15) is 41.2 Å². The molecule has 0 atom stereocenters. The first kappa shape index (κ1) is 14.9. The molecule has 2 aliphatic rings. The average Bonchev–Trinajstić information content (AvgIpc) is 3.18. The maximum atomic E-state index is 11.4. The van der Waals surface area contributed by atoms with E-state index in [1.807, 2.05) is 5.38 Å². The van der Waals surface area contributed by atoms with Gasteiger partial charge in [0.15, 0.2) is 5.01 Å². The van der Waals surface area contributed by atoms with E-state index < -0.39 is 0 Å². The van der Waals surface area contributed by atoms with Gasteiger partial charge in [-0.1, -0.05) is 12.8 Å². The van der Waals surface area contributed by atoms with Gasteiger partial charge in [-0.15, -0.1) is 11.3 Å². The second-order valence-electron chi connectivity index (χ2n) is 5.87. The monoisotopic (exact) mass is 309 g/mol. The summed E-state index contributed by atoms with van der Waals surface area (Å²) in [4.78, 5) is 20.8. The summed E-state index contributed by atoms with van der Waals surface area (Å²) in [5.41, 5.74) is 3.09. The first-order valence-electron chi connectivity index (χ1n) is 7.68. The topological polar surface area (TPSA) is 74.5 Å². The molecule has 3 N–H and O–H groups in total. The smallest absolute Gasteiger partial charge is 0.294 e. The normalized spacial score (nSPS) is 21.8. The predicted octanol–water partition coefficient (Wildman–Crippen LogP) is 0.807. The number of hydrazine groups is 1. The van der Waals surface area contributed by atoms with E-state index in [1.165, 1.54) is 37.0 Å². The first-order valence-corrected chi connectivity index (χ1v) is 8.56. The Hall–Kier alpha value is -1.02. The molecule has 3 rings (SSSR count). The Balaban J connectivity index is 1.48. The zero-order valence-electron chi connectivity index (χ0n) is 12.3. The van der Waals surface area contributed by atoms with E-state index in [1.54, 1.807) is 0 Å². The molecule has 1 aromatic rings. The quantitative estimate of drug-likeness (QED) is 0.489. The Morgan fingerprint density at radius 3 is 2.71 bits per heavy atom. The van der Waals surface area contributed by atoms with Crippen LogP contribution in [0.15, 0.2) is 5.38 Å². The van der Waals surface area contributed by atoms with Crippen molar-refractivity contribution in [1.82, 2.24) is 20.2 Å². The van der Waals surface area contributed by atoms with E-state index in [0.29, 0.717) is 5.01 Å². The van der Waals surface area contributed by atoms with Crippen molar-refractivity contribution in [3.63, 3.8) is 0 Å². The number of piperazine rings is 1. The lowest BCUT2D eigenvalue weighted by Gasteiger charge is -2.37. The molecular formula is C14H23N5OS. The summed E-state index contributed by atoms with van der Waals surface area (Å²) < 4.78 is 0. The van der Waals surface area contributed by atoms with Gasteiger partial charge in [0.25, 0.3) is 5.91 Å². The number of nitrogens with two attached hydrogens (primary N) is 1. The number of carbonyl (C=O) groups excluding carboxylic acids is 1. The number of nitrogen functional groups attached to an aromatic ring is 1. The largest absolute Gasteiger partial charge is 0.298 e. The second kappa shape index (κ2) is 6.83. The SMILES string of the molecule is NNC(=O)c1nc(CN2CCN(C3CCCC3)CC2)cs1. The molecule has 1 aliphatic heterocycles. The molecule has 7 heteroatoms. The molecule has 0 spiro atoms. The van der Waals surface area contributed by atoms with E-state index in [2.05, 4.69) is 20.2 Å². The second-order valence-corrected chi connectivity index (χ2v) is 6.73. The van der Waals surface area contributed by atoms with Crippen molar-refractivity contribution >= 4 is 17.2 Å². The Labute approximate surface area is 129 Å². The zero-order chi connectivity index (χ0) is 14.7. The van der Waals surface area contributed by atoms with Gasteiger partial charge >= 0.3 is 0 Å². The Bertz CT molecular complexity index is 477. The van der Waals surface area contributed by atoms with Crippen molar-refractivity contribution in [2.45, 2.75) is 38.3 Å². The van der Waals surface area contributed by atoms with Crippen molar-refractivity contribution in [1.29, 1.82) is 0 Å². The minimum absolute atomic E-state index is 0.308. The van der Waals surface area contributed by atoms with Crippen LogP contribution in [0.25, 0.3) is 0 Å². The van der Waals surface area contributed by atoms with Crippen molar-refractivity contribution < 1.29 is 4.79 Å². The predicted molar refractivity (Wildman–Crippen MR) is 82.9 cm³/mol. The number of hydrogen-bond acceptors (Lipinski definition) is 6. The number of carbonyl (C=O) groups is 1. The summed E-state index contributed by atoms with van der Waals surface area (Å²) in [5.74, 6) is 4.82. The number of hydrogen-bond donors (Lipinski definition) is 2. The van der Waals surface area contributed by atoms with Crippen LogP contribution >= 0.6 is 11.3 Å². The van der Waals surface area contributed by atoms with Gasteiger partial charge in [0, 0.05) is 44.1 Å². The van der Waals surface area contributed by atoms with Crippen LogP contribution in [-0.2, 0) is 6.54 Å². The van der Waals surface area contributed by atoms with Crippen molar-refractivity contribution in [3.8, 4) is 0 Å². The summed E-state index contributed by atoms with van der Waals surface area (Å²) in [7, 11) is 0. The van der Waals surface area contributed by atoms with Gasteiger partial charge in [0.1, 0.15) is 0 Å². The van der Waals surface area contributed by atoms with Crippen molar-refractivity contribution in [2.75, 3.05) is 26.2 Å². The van der Waals surface area contributed by atoms with E-state index in [-0.39, 0.29) is 5.91 Å². The highest BCUT2D eigenvalue weighted by atomic mass is 32.1. The van der Waals surface area contributed by atoms with E-state index in [4.69, 9.17) is 5.84 Å². The molecule has 0 radical (unpaired) electrons. The highest BCUT2D eigenvalue weighted by Gasteiger charge is 2.26. The number of amides is 1. The van der Waals surface area contributed by atoms with Gasteiger partial charge < -0.3 is 0 Å². The maximum absolute atomic E-state index is 11.4. The number of rotatable bonds is 4. The zero-order valence-corrected chi connectivity index (χ0v) is 13.1. The Morgan fingerprint density at radius 2 is 2.05 bits per heavy atom. The highest BCUT2D eigenvalue weighted by Crippen LogP contribution is 2.24. The van der Waals surface area contributed by atoms with Gasteiger partial charge in [-0.05, 0) is 12.8 Å². The van der Waals surface area contributed by atoms with Crippen LogP contribution in [0, 0.1) is 0 Å². The van der Waals surface area contributed by atoms with Gasteiger partial charge in [-0.3, -0.25) is 20.0 Å². The maximum Gasteiger partial charge on any atom is 0.294 e. The van der Waals surface area contributed by atoms with Gasteiger partial charge in [-0.25, -0.2) is 10.8 Å². The van der Waals surface area contributed by atoms with Gasteiger partial charge in [0.2, 0.25) is 0 Å². The van der Waals surface area contributed by atoms with Gasteiger partial charge in [0.05, 0.1) is 5.69 Å². The summed E-state index contributed by atoms with van der Waals surface area (Å²) in [5, 5.41) is 2.39. The number of nitrogens with one attached hydrogen (secondary N) is 1. The molecular weight excluding hydrogens is 286 g/mol. The van der Waals surface area contributed by atoms with Crippen LogP contribution in [0.5, 0.6) is 0 Å². The molecule has 6 nitrogen and oxygen atoms in total. The number of thiazole rings is 1. The lowest BCUT2D eigenvalue weighted by atomic mass is 10.2. The van der Waals surface area contributed by atoms with E-state index in [9.17, 15) is 4.79 Å². The molecule has 1 aliphatic carbocycles. The summed E-state index contributed by atoms with van der Waals surface area (Å²) in [6.07, 6.45) is 5.55. The van der Waals surface area contributed by atoms with Crippen LogP contribution < -0.4 is 11.3 Å². The van der Waals surface area contributed by atoms with Crippen molar-refractivity contribution in [2.24, 2.45) is 5.84 Å². The van der Waals surface area contributed by atoms with Crippen LogP contribution in [-0.4, -0.2) is 52.9 Å². The third-order valence-electron chi connectivity index (χ3n) is 4.51. The average molecular weight is 309 g/mol. The van der Waals surface area contributed by atoms with Crippen LogP contribution in [0.3, 0.4) is 0 Å². The lowest BCUT2D eigenvalue weighted by molar-refractivity contribution is 0.0924. The van der Waals surface area contributed by atoms with Crippen LogP contribution in [0.4, 0.5) is 0 Å². The molecule has 0 unspecified atom stereocenters. The minimum Gasteiger partial charge on any atom is -0.298 e. The molecule has 0 bridgehead atoms. The standard InChI is InChI=1S/C14H23N5OS/c15-17-13(20)14-16-11(10-21-14)9-18-5-7-19(8-6-18)12-3-1-2-4-12/h10,12H,1-9,15H2,(H,17,20).